The maximum Gasteiger partial charge on any atom is 0.160 e. The molecule has 32 heavy (non-hydrogen) atoms. The molecule has 2 aliphatic heterocycles. The molecule has 0 amide bonds. The van der Waals surface area contributed by atoms with Crippen molar-refractivity contribution in [2.24, 2.45) is 0 Å². The second kappa shape index (κ2) is 12.2. The second-order valence-corrected chi connectivity index (χ2v) is 14.4. The highest BCUT2D eigenvalue weighted by Gasteiger charge is 2.35. The fourth-order valence-electron chi connectivity index (χ4n) is 4.59. The molecule has 0 unspecified atom stereocenters. The van der Waals surface area contributed by atoms with E-state index in [-0.39, 0.29) is 54.0 Å². The molecule has 0 aromatic heterocycles. The summed E-state index contributed by atoms with van der Waals surface area (Å²) in [5, 5.41) is 0. The van der Waals surface area contributed by atoms with E-state index in [9.17, 15) is 21.6 Å². The maximum atomic E-state index is 13.1. The lowest BCUT2D eigenvalue weighted by Gasteiger charge is -2.31. The van der Waals surface area contributed by atoms with Gasteiger partial charge < -0.3 is 9.80 Å². The van der Waals surface area contributed by atoms with E-state index in [0.29, 0.717) is 25.9 Å². The summed E-state index contributed by atoms with van der Waals surface area (Å²) in [6.45, 7) is 3.56. The first-order chi connectivity index (χ1) is 14.9. The van der Waals surface area contributed by atoms with Gasteiger partial charge in [-0.3, -0.25) is 14.6 Å². The number of ketones is 1. The molecule has 11 heteroatoms. The van der Waals surface area contributed by atoms with Crippen molar-refractivity contribution in [3.05, 3.63) is 0 Å². The van der Waals surface area contributed by atoms with Crippen molar-refractivity contribution in [3.63, 3.8) is 0 Å². The first-order valence-corrected chi connectivity index (χ1v) is 15.2. The lowest BCUT2D eigenvalue weighted by atomic mass is 10.1. The number of carbonyl (C=O) groups is 1. The second-order valence-electron chi connectivity index (χ2n) is 9.91. The number of Topliss-reactive ketones (excluding diaryl/α,β-unsaturated/α-hetero) is 1. The van der Waals surface area contributed by atoms with Gasteiger partial charge in [0.1, 0.15) is 0 Å². The Bertz CT molecular complexity index is 748. The average molecular weight is 495 g/mol. The van der Waals surface area contributed by atoms with Crippen LogP contribution in [0.3, 0.4) is 0 Å². The monoisotopic (exact) mass is 494 g/mol. The number of hydrogen-bond acceptors (Lipinski definition) is 9. The molecule has 2 saturated heterocycles. The van der Waals surface area contributed by atoms with Gasteiger partial charge in [-0.1, -0.05) is 0 Å². The predicted octanol–water partition coefficient (Wildman–Crippen LogP) is -0.563. The minimum Gasteiger partial charge on any atom is -0.309 e. The van der Waals surface area contributed by atoms with Crippen LogP contribution in [-0.2, 0) is 24.5 Å². The molecule has 2 heterocycles. The van der Waals surface area contributed by atoms with Crippen LogP contribution in [0.2, 0.25) is 0 Å². The van der Waals surface area contributed by atoms with Crippen LogP contribution in [0, 0.1) is 0 Å². The summed E-state index contributed by atoms with van der Waals surface area (Å²) >= 11 is 0. The van der Waals surface area contributed by atoms with Crippen molar-refractivity contribution in [1.29, 1.82) is 0 Å². The minimum absolute atomic E-state index is 0.0355. The Labute approximate surface area is 194 Å². The highest BCUT2D eigenvalue weighted by molar-refractivity contribution is 7.91. The molecule has 2 aliphatic rings. The zero-order valence-corrected chi connectivity index (χ0v) is 21.8. The van der Waals surface area contributed by atoms with Crippen LogP contribution in [0.25, 0.3) is 0 Å². The Morgan fingerprint density at radius 3 is 1.34 bits per heavy atom. The number of carbonyl (C=O) groups excluding carboxylic acids is 1. The van der Waals surface area contributed by atoms with Crippen molar-refractivity contribution in [2.45, 2.75) is 37.8 Å². The van der Waals surface area contributed by atoms with Crippen LogP contribution in [0.15, 0.2) is 0 Å². The van der Waals surface area contributed by atoms with Crippen molar-refractivity contribution >= 4 is 25.5 Å². The highest BCUT2D eigenvalue weighted by Crippen LogP contribution is 2.20. The average Bonchev–Trinajstić information content (AvgIpc) is 3.20. The van der Waals surface area contributed by atoms with Gasteiger partial charge in [-0.2, -0.15) is 0 Å². The van der Waals surface area contributed by atoms with Crippen LogP contribution in [0.1, 0.15) is 25.7 Å². The van der Waals surface area contributed by atoms with Crippen LogP contribution >= 0.6 is 0 Å². The van der Waals surface area contributed by atoms with Crippen LogP contribution < -0.4 is 0 Å². The van der Waals surface area contributed by atoms with Gasteiger partial charge in [-0.05, 0) is 67.0 Å². The van der Waals surface area contributed by atoms with Gasteiger partial charge in [0.2, 0.25) is 0 Å². The molecule has 0 aromatic carbocycles. The topological polar surface area (TPSA) is 98.3 Å². The van der Waals surface area contributed by atoms with E-state index in [0.717, 1.165) is 25.9 Å². The Morgan fingerprint density at radius 1 is 0.688 bits per heavy atom. The minimum atomic E-state index is -3.03. The van der Waals surface area contributed by atoms with Crippen molar-refractivity contribution in [1.82, 2.24) is 19.6 Å². The normalized spacial score (nSPS) is 24.9. The third-order valence-corrected chi connectivity index (χ3v) is 9.81. The fraction of sp³-hybridized carbons (Fsp3) is 0.952. The lowest BCUT2D eigenvalue weighted by molar-refractivity contribution is -0.122. The zero-order chi connectivity index (χ0) is 23.9. The Balaban J connectivity index is 2.01. The van der Waals surface area contributed by atoms with E-state index in [1.54, 1.807) is 0 Å². The van der Waals surface area contributed by atoms with Gasteiger partial charge >= 0.3 is 0 Å². The summed E-state index contributed by atoms with van der Waals surface area (Å²) in [4.78, 5) is 21.3. The summed E-state index contributed by atoms with van der Waals surface area (Å²) in [6, 6.07) is -0.222. The molecule has 188 valence electrons. The first kappa shape index (κ1) is 27.7. The summed E-state index contributed by atoms with van der Waals surface area (Å²) < 4.78 is 48.0. The third-order valence-electron chi connectivity index (χ3n) is 6.31. The Hall–Kier alpha value is -0.590. The number of hydrogen-bond donors (Lipinski definition) is 0. The SMILES string of the molecule is CN(C)CCCN(CC(=O)CN(CCCN(C)C)[C@H]1CCS(=O)(=O)C1)[C@H]1CCS(=O)(=O)C1. The van der Waals surface area contributed by atoms with E-state index in [1.807, 2.05) is 38.0 Å². The van der Waals surface area contributed by atoms with E-state index in [1.165, 1.54) is 0 Å². The van der Waals surface area contributed by atoms with E-state index >= 15 is 0 Å². The number of sulfone groups is 2. The molecule has 0 spiro atoms. The van der Waals surface area contributed by atoms with Crippen LogP contribution in [-0.4, -0.2) is 145 Å². The highest BCUT2D eigenvalue weighted by atomic mass is 32.2. The van der Waals surface area contributed by atoms with E-state index in [2.05, 4.69) is 9.80 Å². The molecule has 0 radical (unpaired) electrons. The van der Waals surface area contributed by atoms with Crippen molar-refractivity contribution in [2.75, 3.05) is 90.5 Å². The molecule has 0 aliphatic carbocycles. The summed E-state index contributed by atoms with van der Waals surface area (Å²) in [5.41, 5.74) is 0. The maximum absolute atomic E-state index is 13.1. The van der Waals surface area contributed by atoms with Crippen molar-refractivity contribution < 1.29 is 21.6 Å². The molecule has 9 nitrogen and oxygen atoms in total. The number of nitrogens with zero attached hydrogens (tertiary/aromatic N) is 4. The molecule has 0 aromatic rings. The number of rotatable bonds is 14. The van der Waals surface area contributed by atoms with Gasteiger partial charge in [0, 0.05) is 25.2 Å². The fourth-order valence-corrected chi connectivity index (χ4v) is 8.11. The van der Waals surface area contributed by atoms with E-state index < -0.39 is 19.7 Å². The van der Waals surface area contributed by atoms with Crippen LogP contribution in [0.5, 0.6) is 0 Å². The standard InChI is InChI=1S/C21H42N4O5S2/c1-22(2)9-5-11-24(19-7-13-31(27,28)17-19)15-21(26)16-25(12-6-10-23(3)4)20-8-14-32(29,30)18-20/h19-20H,5-18H2,1-4H3/t19-,20-/m0/s1. The summed E-state index contributed by atoms with van der Waals surface area (Å²) in [7, 11) is 1.92. The lowest BCUT2D eigenvalue weighted by Crippen LogP contribution is -2.46. The van der Waals surface area contributed by atoms with E-state index in [4.69, 9.17) is 0 Å². The van der Waals surface area contributed by atoms with Crippen LogP contribution in [0.4, 0.5) is 0 Å². The molecule has 0 N–H and O–H groups in total. The van der Waals surface area contributed by atoms with Gasteiger partial charge in [0.05, 0.1) is 36.1 Å². The van der Waals surface area contributed by atoms with Crippen molar-refractivity contribution in [3.8, 4) is 0 Å². The smallest absolute Gasteiger partial charge is 0.160 e. The molecule has 0 bridgehead atoms. The Morgan fingerprint density at radius 2 is 1.06 bits per heavy atom. The quantitative estimate of drug-likeness (QED) is 0.315. The first-order valence-electron chi connectivity index (χ1n) is 11.6. The summed E-state index contributed by atoms with van der Waals surface area (Å²) in [6.07, 6.45) is 2.88. The molecule has 0 saturated carbocycles. The molecular formula is C21H42N4O5S2. The molecular weight excluding hydrogens is 452 g/mol. The molecule has 2 rings (SSSR count). The Kier molecular flexibility index (Phi) is 10.6. The van der Waals surface area contributed by atoms with Gasteiger partial charge in [-0.15, -0.1) is 0 Å². The summed E-state index contributed by atoms with van der Waals surface area (Å²) in [5.74, 6) is 0.651. The largest absolute Gasteiger partial charge is 0.309 e. The van der Waals surface area contributed by atoms with Gasteiger partial charge in [-0.25, -0.2) is 16.8 Å². The zero-order valence-electron chi connectivity index (χ0n) is 20.2. The van der Waals surface area contributed by atoms with Gasteiger partial charge in [0.15, 0.2) is 25.5 Å². The molecule has 2 fully saturated rings. The van der Waals surface area contributed by atoms with Gasteiger partial charge in [0.25, 0.3) is 0 Å². The predicted molar refractivity (Wildman–Crippen MR) is 129 cm³/mol. The third kappa shape index (κ3) is 9.72. The molecule has 2 atom stereocenters.